The molecule has 0 aliphatic carbocycles. The maximum Gasteiger partial charge on any atom is 0.310 e. The number of hydrogen-bond donors (Lipinski definition) is 2. The summed E-state index contributed by atoms with van der Waals surface area (Å²) in [6.45, 7) is 6.55. The molecule has 7 heteroatoms. The highest BCUT2D eigenvalue weighted by molar-refractivity contribution is 7.91. The fourth-order valence-corrected chi connectivity index (χ4v) is 2.11. The molecule has 0 rings (SSSR count). The minimum atomic E-state index is -3.12. The van der Waals surface area contributed by atoms with Crippen LogP contribution in [0.2, 0.25) is 0 Å². The second kappa shape index (κ2) is 6.88. The first-order valence-corrected chi connectivity index (χ1v) is 8.08. The van der Waals surface area contributed by atoms with E-state index in [1.54, 1.807) is 13.8 Å². The summed E-state index contributed by atoms with van der Waals surface area (Å²) in [6.07, 6.45) is -0.161. The molecule has 0 bridgehead atoms. The van der Waals surface area contributed by atoms with Crippen LogP contribution in [0, 0.1) is 11.3 Å². The molecular formula is C12H23NO5S. The monoisotopic (exact) mass is 293 g/mol. The van der Waals surface area contributed by atoms with E-state index >= 15 is 0 Å². The Morgan fingerprint density at radius 1 is 1.32 bits per heavy atom. The lowest BCUT2D eigenvalue weighted by molar-refractivity contribution is -0.153. The average molecular weight is 293 g/mol. The van der Waals surface area contributed by atoms with Gasteiger partial charge >= 0.3 is 5.97 Å². The van der Waals surface area contributed by atoms with Gasteiger partial charge in [0.1, 0.15) is 0 Å². The molecule has 0 aliphatic heterocycles. The summed E-state index contributed by atoms with van der Waals surface area (Å²) < 4.78 is 22.5. The predicted molar refractivity (Wildman–Crippen MR) is 72.5 cm³/mol. The molecule has 2 N–H and O–H groups in total. The lowest BCUT2D eigenvalue weighted by Gasteiger charge is -2.28. The van der Waals surface area contributed by atoms with Crippen molar-refractivity contribution in [2.75, 3.05) is 18.1 Å². The number of carbonyl (C=O) groups excluding carboxylic acids is 1. The van der Waals surface area contributed by atoms with E-state index < -0.39 is 27.1 Å². The molecule has 6 nitrogen and oxygen atoms in total. The van der Waals surface area contributed by atoms with Crippen molar-refractivity contribution in [2.24, 2.45) is 11.3 Å². The zero-order valence-corrected chi connectivity index (χ0v) is 12.7. The Balaban J connectivity index is 4.43. The Morgan fingerprint density at radius 2 is 1.84 bits per heavy atom. The zero-order chi connectivity index (χ0) is 15.3. The van der Waals surface area contributed by atoms with Gasteiger partial charge in [-0.15, -0.1) is 0 Å². The molecule has 0 aliphatic rings. The summed E-state index contributed by atoms with van der Waals surface area (Å²) in [5.74, 6) is -1.76. The second-order valence-corrected chi connectivity index (χ2v) is 7.61. The van der Waals surface area contributed by atoms with Crippen LogP contribution in [0.3, 0.4) is 0 Å². The first kappa shape index (κ1) is 17.9. The molecule has 1 atom stereocenters. The number of carboxylic acid groups (broad SMARTS) is 1. The molecule has 0 radical (unpaired) electrons. The highest BCUT2D eigenvalue weighted by Crippen LogP contribution is 2.31. The molecule has 0 saturated heterocycles. The van der Waals surface area contributed by atoms with E-state index in [0.29, 0.717) is 0 Å². The normalized spacial score (nSPS) is 15.0. The van der Waals surface area contributed by atoms with Crippen LogP contribution in [-0.4, -0.2) is 43.5 Å². The van der Waals surface area contributed by atoms with E-state index in [1.807, 2.05) is 0 Å². The molecule has 0 spiro atoms. The van der Waals surface area contributed by atoms with Crippen LogP contribution in [0.15, 0.2) is 0 Å². The molecular weight excluding hydrogens is 270 g/mol. The van der Waals surface area contributed by atoms with E-state index in [9.17, 15) is 18.0 Å². The van der Waals surface area contributed by atoms with Gasteiger partial charge in [-0.05, 0) is 12.8 Å². The SMILES string of the molecule is CCS(=O)(=O)CCNC(=O)CC(C)(C(=O)O)C(C)C. The van der Waals surface area contributed by atoms with Gasteiger partial charge in [0.25, 0.3) is 0 Å². The molecule has 0 aromatic heterocycles. The van der Waals surface area contributed by atoms with Crippen molar-refractivity contribution < 1.29 is 23.1 Å². The number of rotatable bonds is 8. The Bertz CT molecular complexity index is 429. The van der Waals surface area contributed by atoms with Crippen LogP contribution in [0.25, 0.3) is 0 Å². The molecule has 0 saturated carbocycles. The maximum absolute atomic E-state index is 11.7. The average Bonchev–Trinajstić information content (AvgIpc) is 2.28. The summed E-state index contributed by atoms with van der Waals surface area (Å²) in [7, 11) is -3.12. The van der Waals surface area contributed by atoms with Gasteiger partial charge in [0, 0.05) is 18.7 Å². The summed E-state index contributed by atoms with van der Waals surface area (Å²) in [5, 5.41) is 11.6. The third-order valence-corrected chi connectivity index (χ3v) is 5.17. The number of aliphatic carboxylic acids is 1. The molecule has 0 fully saturated rings. The first-order valence-electron chi connectivity index (χ1n) is 6.25. The molecule has 1 amide bonds. The van der Waals surface area contributed by atoms with Crippen LogP contribution < -0.4 is 5.32 Å². The molecule has 1 unspecified atom stereocenters. The van der Waals surface area contributed by atoms with Crippen LogP contribution in [0.1, 0.15) is 34.1 Å². The van der Waals surface area contributed by atoms with Gasteiger partial charge in [-0.1, -0.05) is 20.8 Å². The van der Waals surface area contributed by atoms with Crippen molar-refractivity contribution in [1.29, 1.82) is 0 Å². The fourth-order valence-electron chi connectivity index (χ4n) is 1.41. The molecule has 0 heterocycles. The van der Waals surface area contributed by atoms with Crippen LogP contribution in [-0.2, 0) is 19.4 Å². The Labute approximate surface area is 114 Å². The number of sulfone groups is 1. The van der Waals surface area contributed by atoms with Gasteiger partial charge in [-0.2, -0.15) is 0 Å². The number of nitrogens with one attached hydrogen (secondary N) is 1. The Kier molecular flexibility index (Phi) is 6.48. The summed E-state index contributed by atoms with van der Waals surface area (Å²) >= 11 is 0. The minimum Gasteiger partial charge on any atom is -0.481 e. The van der Waals surface area contributed by atoms with Crippen LogP contribution in [0.5, 0.6) is 0 Å². The highest BCUT2D eigenvalue weighted by atomic mass is 32.2. The lowest BCUT2D eigenvalue weighted by Crippen LogP contribution is -2.40. The summed E-state index contributed by atoms with van der Waals surface area (Å²) in [4.78, 5) is 22.9. The number of carbonyl (C=O) groups is 2. The quantitative estimate of drug-likeness (QED) is 0.685. The van der Waals surface area contributed by atoms with Crippen molar-refractivity contribution in [3.63, 3.8) is 0 Å². The highest BCUT2D eigenvalue weighted by Gasteiger charge is 2.38. The smallest absolute Gasteiger partial charge is 0.310 e. The van der Waals surface area contributed by atoms with Crippen molar-refractivity contribution in [1.82, 2.24) is 5.32 Å². The van der Waals surface area contributed by atoms with Crippen molar-refractivity contribution in [3.05, 3.63) is 0 Å². The zero-order valence-electron chi connectivity index (χ0n) is 11.9. The summed E-state index contributed by atoms with van der Waals surface area (Å²) in [6, 6.07) is 0. The van der Waals surface area contributed by atoms with E-state index in [0.717, 1.165) is 0 Å². The van der Waals surface area contributed by atoms with Crippen molar-refractivity contribution in [2.45, 2.75) is 34.1 Å². The fraction of sp³-hybridized carbons (Fsp3) is 0.833. The summed E-state index contributed by atoms with van der Waals surface area (Å²) in [5.41, 5.74) is -1.15. The first-order chi connectivity index (χ1) is 8.55. The topological polar surface area (TPSA) is 101 Å². The molecule has 19 heavy (non-hydrogen) atoms. The van der Waals surface area contributed by atoms with Crippen molar-refractivity contribution in [3.8, 4) is 0 Å². The van der Waals surface area contributed by atoms with Gasteiger partial charge in [-0.3, -0.25) is 9.59 Å². The largest absolute Gasteiger partial charge is 0.481 e. The number of amides is 1. The van der Waals surface area contributed by atoms with Gasteiger partial charge in [-0.25, -0.2) is 8.42 Å². The second-order valence-electron chi connectivity index (χ2n) is 5.14. The van der Waals surface area contributed by atoms with E-state index in [1.165, 1.54) is 13.8 Å². The van der Waals surface area contributed by atoms with E-state index in [2.05, 4.69) is 5.32 Å². The van der Waals surface area contributed by atoms with E-state index in [4.69, 9.17) is 5.11 Å². The third-order valence-electron chi connectivity index (χ3n) is 3.47. The van der Waals surface area contributed by atoms with E-state index in [-0.39, 0.29) is 30.4 Å². The van der Waals surface area contributed by atoms with Gasteiger partial charge in [0.15, 0.2) is 9.84 Å². The lowest BCUT2D eigenvalue weighted by atomic mass is 9.76. The number of hydrogen-bond acceptors (Lipinski definition) is 4. The molecule has 112 valence electrons. The van der Waals surface area contributed by atoms with Gasteiger partial charge in [0.2, 0.25) is 5.91 Å². The number of carboxylic acids is 1. The third kappa shape index (κ3) is 5.59. The van der Waals surface area contributed by atoms with Crippen LogP contribution >= 0.6 is 0 Å². The van der Waals surface area contributed by atoms with Gasteiger partial charge in [0.05, 0.1) is 11.2 Å². The van der Waals surface area contributed by atoms with Gasteiger partial charge < -0.3 is 10.4 Å². The molecule has 0 aromatic rings. The minimum absolute atomic E-state index is 0.0167. The Hall–Kier alpha value is -1.11. The standard InChI is InChI=1S/C12H23NO5S/c1-5-19(17,18)7-6-13-10(14)8-12(4,9(2)3)11(15)16/h9H,5-8H2,1-4H3,(H,13,14)(H,15,16). The molecule has 0 aromatic carbocycles. The van der Waals surface area contributed by atoms with Crippen molar-refractivity contribution >= 4 is 21.7 Å². The Morgan fingerprint density at radius 3 is 2.21 bits per heavy atom. The predicted octanol–water partition coefficient (Wildman–Crippen LogP) is 0.674. The van der Waals surface area contributed by atoms with Crippen LogP contribution in [0.4, 0.5) is 0 Å². The maximum atomic E-state index is 11.7.